The average Bonchev–Trinajstić information content (AvgIpc) is 3.15. The topological polar surface area (TPSA) is 136 Å². The van der Waals surface area contributed by atoms with Crippen molar-refractivity contribution in [2.75, 3.05) is 13.2 Å². The molecule has 0 unspecified atom stereocenters. The second kappa shape index (κ2) is 38.9. The Morgan fingerprint density at radius 3 is 1.56 bits per heavy atom. The Morgan fingerprint density at radius 2 is 1.00 bits per heavy atom. The molecule has 0 aromatic rings. The fourth-order valence-electron chi connectivity index (χ4n) is 4.95. The van der Waals surface area contributed by atoms with Crippen LogP contribution in [0.2, 0.25) is 0 Å². The number of hydrogen-bond acceptors (Lipinski definition) is 7. The molecule has 0 saturated heterocycles. The minimum absolute atomic E-state index is 0.145. The standard InChI is InChI=1S/C45H71O9P/c1-3-5-7-8-9-10-11-12-13-14-15-16-17-18-21-25-28-31-35-39-45(48)54-43(41-53-55(49,50)51)40-52-44(47)38-34-30-27-24-22-19-20-23-26-29-33-37-42(46)36-32-6-4-2/h9-10,12-13,15-16,18-21,24,26-27,29,33,37,43H,3-8,11,14,17,22-23,25,28,30-32,34-36,38-41H2,1-2H3,(H2,49,50,51)/b10-9-,13-12-,16-15-,20-19-,21-18-,27-24-,29-26-,37-33+/t43-/m1/s1. The first-order valence-electron chi connectivity index (χ1n) is 20.5. The van der Waals surface area contributed by atoms with E-state index in [0.29, 0.717) is 25.7 Å². The van der Waals surface area contributed by atoms with Crippen LogP contribution >= 0.6 is 7.82 Å². The maximum Gasteiger partial charge on any atom is 0.469 e. The van der Waals surface area contributed by atoms with Crippen molar-refractivity contribution >= 4 is 25.5 Å². The molecule has 0 bridgehead atoms. The lowest BCUT2D eigenvalue weighted by Gasteiger charge is -2.18. The van der Waals surface area contributed by atoms with E-state index in [0.717, 1.165) is 70.6 Å². The average molecular weight is 787 g/mol. The highest BCUT2D eigenvalue weighted by molar-refractivity contribution is 7.46. The van der Waals surface area contributed by atoms with Crippen LogP contribution in [0.25, 0.3) is 0 Å². The highest BCUT2D eigenvalue weighted by Gasteiger charge is 2.22. The van der Waals surface area contributed by atoms with Gasteiger partial charge in [0.05, 0.1) is 6.61 Å². The number of esters is 2. The maximum absolute atomic E-state index is 12.4. The van der Waals surface area contributed by atoms with E-state index < -0.39 is 32.5 Å². The zero-order valence-electron chi connectivity index (χ0n) is 33.8. The van der Waals surface area contributed by atoms with Crippen LogP contribution in [0.15, 0.2) is 97.2 Å². The van der Waals surface area contributed by atoms with E-state index in [1.54, 1.807) is 12.2 Å². The van der Waals surface area contributed by atoms with Crippen LogP contribution in [0.5, 0.6) is 0 Å². The van der Waals surface area contributed by atoms with E-state index in [-0.39, 0.29) is 25.2 Å². The maximum atomic E-state index is 12.4. The van der Waals surface area contributed by atoms with Crippen LogP contribution < -0.4 is 0 Å². The van der Waals surface area contributed by atoms with Gasteiger partial charge in [-0.1, -0.05) is 137 Å². The summed E-state index contributed by atoms with van der Waals surface area (Å²) in [5, 5.41) is 0. The van der Waals surface area contributed by atoms with E-state index >= 15 is 0 Å². The molecule has 2 N–H and O–H groups in total. The summed E-state index contributed by atoms with van der Waals surface area (Å²) in [5.74, 6) is -0.869. The zero-order valence-corrected chi connectivity index (χ0v) is 34.7. The highest BCUT2D eigenvalue weighted by Crippen LogP contribution is 2.36. The molecule has 0 aliphatic rings. The first-order chi connectivity index (χ1) is 26.7. The highest BCUT2D eigenvalue weighted by atomic mass is 31.2. The first kappa shape index (κ1) is 51.6. The molecule has 9 nitrogen and oxygen atoms in total. The lowest BCUT2D eigenvalue weighted by atomic mass is 10.1. The number of unbranched alkanes of at least 4 members (excludes halogenated alkanes) is 9. The molecular weight excluding hydrogens is 715 g/mol. The molecule has 0 radical (unpaired) electrons. The van der Waals surface area contributed by atoms with Gasteiger partial charge in [-0.25, -0.2) is 4.57 Å². The summed E-state index contributed by atoms with van der Waals surface area (Å²) in [5.41, 5.74) is 0. The third kappa shape index (κ3) is 41.6. The Kier molecular flexibility index (Phi) is 36.5. The Bertz CT molecular complexity index is 1270. The lowest BCUT2D eigenvalue weighted by molar-refractivity contribution is -0.161. The van der Waals surface area contributed by atoms with Gasteiger partial charge in [-0.05, 0) is 89.5 Å². The molecule has 0 fully saturated rings. The molecule has 55 heavy (non-hydrogen) atoms. The van der Waals surface area contributed by atoms with E-state index in [1.807, 2.05) is 36.5 Å². The van der Waals surface area contributed by atoms with Gasteiger partial charge in [0, 0.05) is 19.3 Å². The number of ketones is 1. The molecule has 0 aromatic carbocycles. The molecule has 0 rings (SSSR count). The predicted molar refractivity (Wildman–Crippen MR) is 225 cm³/mol. The van der Waals surface area contributed by atoms with Crippen molar-refractivity contribution in [3.05, 3.63) is 97.2 Å². The molecule has 0 amide bonds. The van der Waals surface area contributed by atoms with Gasteiger partial charge >= 0.3 is 19.8 Å². The van der Waals surface area contributed by atoms with E-state index in [4.69, 9.17) is 19.3 Å². The SMILES string of the molecule is CCCCC/C=C\C/C=C\C/C=C\C/C=C\CCCCCC(=O)O[C@H](COC(=O)CCC/C=C\C/C=C\C/C=C\C=C\C(=O)CCCCC)COP(=O)(O)O. The van der Waals surface area contributed by atoms with Crippen molar-refractivity contribution in [3.63, 3.8) is 0 Å². The largest absolute Gasteiger partial charge is 0.469 e. The summed E-state index contributed by atoms with van der Waals surface area (Å²) >= 11 is 0. The van der Waals surface area contributed by atoms with Gasteiger partial charge in [-0.15, -0.1) is 0 Å². The van der Waals surface area contributed by atoms with Crippen LogP contribution in [0.1, 0.15) is 149 Å². The molecule has 0 aromatic heterocycles. The normalized spacial score (nSPS) is 13.4. The third-order valence-electron chi connectivity index (χ3n) is 8.05. The van der Waals surface area contributed by atoms with Crippen molar-refractivity contribution in [2.24, 2.45) is 0 Å². The van der Waals surface area contributed by atoms with Crippen molar-refractivity contribution in [2.45, 2.75) is 155 Å². The Hall–Kier alpha value is -3.36. The molecule has 0 aliphatic carbocycles. The molecule has 0 aliphatic heterocycles. The second-order valence-electron chi connectivity index (χ2n) is 13.3. The van der Waals surface area contributed by atoms with E-state index in [1.165, 1.54) is 25.7 Å². The molecule has 0 saturated carbocycles. The number of hydrogen-bond donors (Lipinski definition) is 2. The van der Waals surface area contributed by atoms with Gasteiger partial charge in [0.1, 0.15) is 6.61 Å². The summed E-state index contributed by atoms with van der Waals surface area (Å²) in [7, 11) is -4.80. The van der Waals surface area contributed by atoms with Gasteiger partial charge in [0.2, 0.25) is 0 Å². The van der Waals surface area contributed by atoms with Crippen LogP contribution in [0.3, 0.4) is 0 Å². The summed E-state index contributed by atoms with van der Waals surface area (Å²) in [6.45, 7) is 3.40. The number of carbonyl (C=O) groups is 3. The zero-order chi connectivity index (χ0) is 40.5. The van der Waals surface area contributed by atoms with Gasteiger partial charge < -0.3 is 19.3 Å². The number of carbonyl (C=O) groups excluding carboxylic acids is 3. The lowest BCUT2D eigenvalue weighted by Crippen LogP contribution is -2.29. The van der Waals surface area contributed by atoms with Gasteiger partial charge in [0.15, 0.2) is 11.9 Å². The molecule has 0 spiro atoms. The van der Waals surface area contributed by atoms with Crippen LogP contribution in [0, 0.1) is 0 Å². The van der Waals surface area contributed by atoms with Crippen molar-refractivity contribution in [1.29, 1.82) is 0 Å². The smallest absolute Gasteiger partial charge is 0.462 e. The predicted octanol–water partition coefficient (Wildman–Crippen LogP) is 11.8. The Labute approximate surface area is 332 Å². The number of phosphoric acid groups is 1. The van der Waals surface area contributed by atoms with Crippen LogP contribution in [-0.2, 0) is 32.9 Å². The van der Waals surface area contributed by atoms with Crippen LogP contribution in [0.4, 0.5) is 0 Å². The van der Waals surface area contributed by atoms with Gasteiger partial charge in [-0.3, -0.25) is 18.9 Å². The summed E-state index contributed by atoms with van der Waals surface area (Å²) in [4.78, 5) is 54.5. The number of rotatable bonds is 36. The fraction of sp³-hybridized carbons (Fsp3) is 0.578. The molecule has 10 heteroatoms. The number of phosphoric ester groups is 1. The number of allylic oxidation sites excluding steroid dienone is 16. The van der Waals surface area contributed by atoms with Crippen molar-refractivity contribution < 1.29 is 42.7 Å². The number of ether oxygens (including phenoxy) is 2. The van der Waals surface area contributed by atoms with E-state index in [2.05, 4.69) is 67.0 Å². The molecular formula is C45H71O9P. The van der Waals surface area contributed by atoms with Crippen molar-refractivity contribution in [1.82, 2.24) is 0 Å². The third-order valence-corrected chi connectivity index (χ3v) is 8.54. The Balaban J connectivity index is 4.17. The minimum Gasteiger partial charge on any atom is -0.462 e. The summed E-state index contributed by atoms with van der Waals surface area (Å²) < 4.78 is 26.3. The van der Waals surface area contributed by atoms with Gasteiger partial charge in [-0.2, -0.15) is 0 Å². The molecule has 1 atom stereocenters. The quantitative estimate of drug-likeness (QED) is 0.0159. The van der Waals surface area contributed by atoms with Crippen molar-refractivity contribution in [3.8, 4) is 0 Å². The fourth-order valence-corrected chi connectivity index (χ4v) is 5.31. The monoisotopic (exact) mass is 786 g/mol. The molecule has 310 valence electrons. The summed E-state index contributed by atoms with van der Waals surface area (Å²) in [6, 6.07) is 0. The minimum atomic E-state index is -4.80. The Morgan fingerprint density at radius 1 is 0.527 bits per heavy atom. The first-order valence-corrected chi connectivity index (χ1v) is 22.0. The summed E-state index contributed by atoms with van der Waals surface area (Å²) in [6.07, 6.45) is 49.7. The van der Waals surface area contributed by atoms with E-state index in [9.17, 15) is 18.9 Å². The van der Waals surface area contributed by atoms with Crippen LogP contribution in [-0.4, -0.2) is 46.8 Å². The van der Waals surface area contributed by atoms with Gasteiger partial charge in [0.25, 0.3) is 0 Å². The second-order valence-corrected chi connectivity index (χ2v) is 14.5. The molecule has 0 heterocycles.